The summed E-state index contributed by atoms with van der Waals surface area (Å²) in [6.07, 6.45) is 0. The maximum Gasteiger partial charge on any atom is 0.179 e. The molecule has 5 aromatic carbocycles. The number of hydrogen-bond acceptors (Lipinski definition) is 0. The summed E-state index contributed by atoms with van der Waals surface area (Å²) in [6, 6.07) is 45.7. The van der Waals surface area contributed by atoms with Crippen LogP contribution in [0.5, 0.6) is 0 Å². The van der Waals surface area contributed by atoms with Gasteiger partial charge in [-0.05, 0) is 56.1 Å². The molecule has 0 bridgehead atoms. The molecule has 0 heterocycles. The molecule has 0 saturated carbocycles. The highest BCUT2D eigenvalue weighted by atomic mass is 79.9. The number of benzene rings is 5. The highest BCUT2D eigenvalue weighted by Crippen LogP contribution is 2.22. The molecule has 5 rings (SSSR count). The zero-order valence-corrected chi connectivity index (χ0v) is 20.5. The lowest BCUT2D eigenvalue weighted by Gasteiger charge is -2.34. The summed E-state index contributed by atoms with van der Waals surface area (Å²) in [6.45, 7) is 0. The lowest BCUT2D eigenvalue weighted by Crippen LogP contribution is -2.74. The Labute approximate surface area is 203 Å². The van der Waals surface area contributed by atoms with E-state index in [-0.39, 0.29) is 5.82 Å². The second-order valence-corrected chi connectivity index (χ2v) is 12.8. The predicted octanol–water partition coefficient (Wildman–Crippen LogP) is 5.63. The summed E-state index contributed by atoms with van der Waals surface area (Å²) in [5, 5.41) is 4.99. The topological polar surface area (TPSA) is 0 Å². The second-order valence-electron chi connectivity index (χ2n) is 8.07. The minimum absolute atomic E-state index is 0.214. The van der Waals surface area contributed by atoms with Crippen molar-refractivity contribution in [2.45, 2.75) is 0 Å². The summed E-state index contributed by atoms with van der Waals surface area (Å²) in [7, 11) is -2.63. The van der Waals surface area contributed by atoms with Gasteiger partial charge in [0.25, 0.3) is 0 Å². The first-order valence-electron chi connectivity index (χ1n) is 10.9. The van der Waals surface area contributed by atoms with Crippen molar-refractivity contribution in [2.24, 2.45) is 0 Å². The van der Waals surface area contributed by atoms with Gasteiger partial charge in [-0.25, -0.2) is 4.39 Å². The fourth-order valence-corrected chi connectivity index (χ4v) is 9.61. The molecule has 0 unspecified atom stereocenters. The van der Waals surface area contributed by atoms with Crippen molar-refractivity contribution in [1.82, 2.24) is 0 Å². The van der Waals surface area contributed by atoms with Crippen molar-refractivity contribution in [1.29, 1.82) is 0 Å². The molecule has 0 aliphatic heterocycles. The molecule has 0 saturated heterocycles. The summed E-state index contributed by atoms with van der Waals surface area (Å²) >= 11 is 3.52. The van der Waals surface area contributed by atoms with Crippen molar-refractivity contribution >= 4 is 44.8 Å². The molecule has 0 atom stereocenters. The number of halogens is 2. The Kier molecular flexibility index (Phi) is 6.08. The minimum atomic E-state index is -2.63. The SMILES string of the molecule is Fc1ccc([Si](c2ccccc2)(c2ccccc2)c2ccc(-c3ccc(Br)cc3)cc2)cc1. The standard InChI is InChI=1S/C30H22BrFSi/c31-25-15-11-23(12-16-25)24-13-19-29(20-14-24)33(27-7-3-1-4-8-27,28-9-5-2-6-10-28)30-21-17-26(32)18-22-30/h1-22H. The van der Waals surface area contributed by atoms with E-state index in [1.165, 1.54) is 26.7 Å². The highest BCUT2D eigenvalue weighted by Gasteiger charge is 2.41. The van der Waals surface area contributed by atoms with Crippen LogP contribution in [0.15, 0.2) is 138 Å². The van der Waals surface area contributed by atoms with E-state index in [1.807, 2.05) is 12.1 Å². The average molecular weight is 509 g/mol. The van der Waals surface area contributed by atoms with Gasteiger partial charge < -0.3 is 0 Å². The van der Waals surface area contributed by atoms with Crippen LogP contribution < -0.4 is 20.7 Å². The van der Waals surface area contributed by atoms with E-state index < -0.39 is 8.07 Å². The highest BCUT2D eigenvalue weighted by molar-refractivity contribution is 9.10. The normalized spacial score (nSPS) is 11.3. The quantitative estimate of drug-likeness (QED) is 0.213. The van der Waals surface area contributed by atoms with Crippen LogP contribution in [0.25, 0.3) is 11.1 Å². The first kappa shape index (κ1) is 21.6. The Hall–Kier alpha value is -3.27. The Morgan fingerprint density at radius 2 is 0.788 bits per heavy atom. The molecule has 0 aliphatic carbocycles. The summed E-state index contributed by atoms with van der Waals surface area (Å²) < 4.78 is 15.0. The van der Waals surface area contributed by atoms with Crippen LogP contribution in [-0.2, 0) is 0 Å². The molecule has 3 heteroatoms. The smallest absolute Gasteiger partial charge is 0.179 e. The van der Waals surface area contributed by atoms with E-state index in [0.29, 0.717) is 0 Å². The van der Waals surface area contributed by atoms with E-state index in [0.717, 1.165) is 9.66 Å². The van der Waals surface area contributed by atoms with Gasteiger partial charge in [-0.2, -0.15) is 0 Å². The van der Waals surface area contributed by atoms with Crippen molar-refractivity contribution in [3.05, 3.63) is 144 Å². The summed E-state index contributed by atoms with van der Waals surface area (Å²) in [5.41, 5.74) is 2.35. The molecule has 0 aliphatic rings. The Balaban J connectivity index is 1.76. The van der Waals surface area contributed by atoms with Crippen molar-refractivity contribution in [2.75, 3.05) is 0 Å². The third kappa shape index (κ3) is 4.10. The molecule has 0 fully saturated rings. The molecule has 0 nitrogen and oxygen atoms in total. The van der Waals surface area contributed by atoms with Gasteiger partial charge in [-0.3, -0.25) is 0 Å². The molecular weight excluding hydrogens is 487 g/mol. The van der Waals surface area contributed by atoms with E-state index in [9.17, 15) is 4.39 Å². The average Bonchev–Trinajstić information content (AvgIpc) is 2.88. The van der Waals surface area contributed by atoms with Crippen LogP contribution in [-0.4, -0.2) is 8.07 Å². The van der Waals surface area contributed by atoms with Gasteiger partial charge in [0.1, 0.15) is 5.82 Å². The third-order valence-electron chi connectivity index (χ3n) is 6.19. The van der Waals surface area contributed by atoms with Gasteiger partial charge in [0.15, 0.2) is 8.07 Å². The van der Waals surface area contributed by atoms with Gasteiger partial charge >= 0.3 is 0 Å². The van der Waals surface area contributed by atoms with Crippen LogP contribution in [0.1, 0.15) is 0 Å². The van der Waals surface area contributed by atoms with Gasteiger partial charge in [-0.15, -0.1) is 0 Å². The monoisotopic (exact) mass is 508 g/mol. The van der Waals surface area contributed by atoms with Gasteiger partial charge in [-0.1, -0.05) is 125 Å². The first-order chi connectivity index (χ1) is 16.2. The number of hydrogen-bond donors (Lipinski definition) is 0. The molecule has 0 radical (unpaired) electrons. The molecule has 0 N–H and O–H groups in total. The van der Waals surface area contributed by atoms with Crippen LogP contribution >= 0.6 is 15.9 Å². The largest absolute Gasteiger partial charge is 0.207 e. The summed E-state index contributed by atoms with van der Waals surface area (Å²) in [5.74, 6) is -0.214. The third-order valence-corrected chi connectivity index (χ3v) is 11.5. The predicted molar refractivity (Wildman–Crippen MR) is 143 cm³/mol. The van der Waals surface area contributed by atoms with Crippen LogP contribution in [0, 0.1) is 5.82 Å². The lowest BCUT2D eigenvalue weighted by molar-refractivity contribution is 0.628. The molecule has 0 spiro atoms. The zero-order chi connectivity index (χ0) is 22.7. The van der Waals surface area contributed by atoms with E-state index in [4.69, 9.17) is 0 Å². The number of rotatable bonds is 5. The summed E-state index contributed by atoms with van der Waals surface area (Å²) in [4.78, 5) is 0. The molecule has 0 amide bonds. The van der Waals surface area contributed by atoms with Gasteiger partial charge in [0.05, 0.1) is 0 Å². The van der Waals surface area contributed by atoms with Crippen molar-refractivity contribution in [3.63, 3.8) is 0 Å². The first-order valence-corrected chi connectivity index (χ1v) is 13.7. The van der Waals surface area contributed by atoms with E-state index in [1.54, 1.807) is 12.1 Å². The van der Waals surface area contributed by atoms with E-state index >= 15 is 0 Å². The Bertz CT molecular complexity index is 1290. The van der Waals surface area contributed by atoms with Crippen LogP contribution in [0.3, 0.4) is 0 Å². The minimum Gasteiger partial charge on any atom is -0.207 e. The fraction of sp³-hybridized carbons (Fsp3) is 0. The lowest BCUT2D eigenvalue weighted by atomic mass is 10.1. The van der Waals surface area contributed by atoms with Gasteiger partial charge in [0, 0.05) is 4.47 Å². The molecule has 5 aromatic rings. The van der Waals surface area contributed by atoms with Crippen molar-refractivity contribution in [3.8, 4) is 11.1 Å². The molecule has 160 valence electrons. The molecule has 0 aromatic heterocycles. The van der Waals surface area contributed by atoms with Crippen LogP contribution in [0.4, 0.5) is 4.39 Å². The maximum atomic E-state index is 14.0. The van der Waals surface area contributed by atoms with Crippen LogP contribution in [0.2, 0.25) is 0 Å². The zero-order valence-electron chi connectivity index (χ0n) is 18.0. The fourth-order valence-electron chi connectivity index (χ4n) is 4.63. The Morgan fingerprint density at radius 3 is 1.24 bits per heavy atom. The maximum absolute atomic E-state index is 14.0. The second kappa shape index (κ2) is 9.30. The van der Waals surface area contributed by atoms with E-state index in [2.05, 4.69) is 125 Å². The molecular formula is C30H22BrFSi. The molecule has 33 heavy (non-hydrogen) atoms. The van der Waals surface area contributed by atoms with Crippen molar-refractivity contribution < 1.29 is 4.39 Å². The van der Waals surface area contributed by atoms with Gasteiger partial charge in [0.2, 0.25) is 0 Å². The Morgan fingerprint density at radius 1 is 0.424 bits per heavy atom.